The highest BCUT2D eigenvalue weighted by Gasteiger charge is 2.50. The number of nitrogens with one attached hydrogen (secondary N) is 1. The number of aliphatic hydroxyl groups is 1. The van der Waals surface area contributed by atoms with Gasteiger partial charge in [0.25, 0.3) is 5.56 Å². The van der Waals surface area contributed by atoms with E-state index in [9.17, 15) is 19.5 Å². The van der Waals surface area contributed by atoms with Crippen LogP contribution in [0.4, 0.5) is 4.79 Å². The second-order valence-corrected chi connectivity index (χ2v) is 9.49. The predicted molar refractivity (Wildman–Crippen MR) is 106 cm³/mol. The number of carbonyl (C=O) groups excluding carboxylic acids is 1. The molecule has 9 nitrogen and oxygen atoms in total. The molecule has 0 aromatic carbocycles. The third-order valence-corrected chi connectivity index (χ3v) is 5.75. The maximum Gasteiger partial charge on any atom is 0.410 e. The SMILES string of the molecule is Cc1cn([C@@H]2COC3(CCN(C(=O)OC(C)(C)C)CC3)C[C@@]2(C)O)c(=O)[nH]c1=O. The van der Waals surface area contributed by atoms with Crippen molar-refractivity contribution in [1.82, 2.24) is 14.5 Å². The molecule has 1 amide bonds. The molecular weight excluding hydrogens is 378 g/mol. The number of likely N-dealkylation sites (tertiary alicyclic amines) is 1. The van der Waals surface area contributed by atoms with E-state index in [1.165, 1.54) is 10.8 Å². The standard InChI is InChI=1S/C20H31N3O6/c1-13-10-23(16(25)21-15(13)24)14-11-28-20(12-19(14,5)27)6-8-22(9-7-20)17(26)29-18(2,3)4/h10,14,27H,6-9,11-12H2,1-5H3,(H,21,24,25)/t14-,19-/m1/s1. The van der Waals surface area contributed by atoms with E-state index in [4.69, 9.17) is 9.47 Å². The Balaban J connectivity index is 1.71. The van der Waals surface area contributed by atoms with Crippen molar-refractivity contribution in [3.63, 3.8) is 0 Å². The molecule has 1 aromatic heterocycles. The van der Waals surface area contributed by atoms with Gasteiger partial charge in [-0.15, -0.1) is 0 Å². The molecule has 29 heavy (non-hydrogen) atoms. The van der Waals surface area contributed by atoms with Crippen LogP contribution >= 0.6 is 0 Å². The van der Waals surface area contributed by atoms with Gasteiger partial charge in [-0.25, -0.2) is 9.59 Å². The van der Waals surface area contributed by atoms with Crippen molar-refractivity contribution in [3.05, 3.63) is 32.6 Å². The van der Waals surface area contributed by atoms with Crippen molar-refractivity contribution in [2.75, 3.05) is 19.7 Å². The van der Waals surface area contributed by atoms with Crippen LogP contribution in [0.15, 0.2) is 15.8 Å². The van der Waals surface area contributed by atoms with Crippen LogP contribution < -0.4 is 11.2 Å². The number of amides is 1. The average Bonchev–Trinajstić information content (AvgIpc) is 2.57. The van der Waals surface area contributed by atoms with Crippen LogP contribution in [0.1, 0.15) is 58.6 Å². The van der Waals surface area contributed by atoms with Crippen LogP contribution in [0.2, 0.25) is 0 Å². The van der Waals surface area contributed by atoms with Crippen molar-refractivity contribution in [3.8, 4) is 0 Å². The minimum absolute atomic E-state index is 0.144. The largest absolute Gasteiger partial charge is 0.444 e. The van der Waals surface area contributed by atoms with E-state index >= 15 is 0 Å². The Morgan fingerprint density at radius 1 is 1.31 bits per heavy atom. The van der Waals surface area contributed by atoms with E-state index in [-0.39, 0.29) is 12.7 Å². The first kappa shape index (κ1) is 21.6. The molecule has 0 saturated carbocycles. The van der Waals surface area contributed by atoms with Crippen molar-refractivity contribution in [2.24, 2.45) is 0 Å². The smallest absolute Gasteiger partial charge is 0.410 e. The molecule has 2 saturated heterocycles. The zero-order chi connectivity index (χ0) is 21.6. The lowest BCUT2D eigenvalue weighted by molar-refractivity contribution is -0.196. The molecular formula is C20H31N3O6. The first-order valence-electron chi connectivity index (χ1n) is 9.98. The van der Waals surface area contributed by atoms with Crippen molar-refractivity contribution in [1.29, 1.82) is 0 Å². The second-order valence-electron chi connectivity index (χ2n) is 9.49. The molecule has 0 radical (unpaired) electrons. The van der Waals surface area contributed by atoms with E-state index in [0.717, 1.165) is 0 Å². The minimum atomic E-state index is -1.21. The van der Waals surface area contributed by atoms with Crippen molar-refractivity contribution < 1.29 is 19.4 Å². The summed E-state index contributed by atoms with van der Waals surface area (Å²) in [6.07, 6.45) is 2.61. The maximum absolute atomic E-state index is 12.3. The first-order valence-corrected chi connectivity index (χ1v) is 9.98. The Kier molecular flexibility index (Phi) is 5.42. The highest BCUT2D eigenvalue weighted by molar-refractivity contribution is 5.68. The molecule has 3 rings (SSSR count). The van der Waals surface area contributed by atoms with Gasteiger partial charge in [0.15, 0.2) is 0 Å². The number of nitrogens with zero attached hydrogens (tertiary/aromatic N) is 2. The summed E-state index contributed by atoms with van der Waals surface area (Å²) in [7, 11) is 0. The number of ether oxygens (including phenoxy) is 2. The third kappa shape index (κ3) is 4.56. The summed E-state index contributed by atoms with van der Waals surface area (Å²) in [5, 5.41) is 11.2. The fraction of sp³-hybridized carbons (Fsp3) is 0.750. The summed E-state index contributed by atoms with van der Waals surface area (Å²) in [5.41, 5.74) is -2.92. The van der Waals surface area contributed by atoms with E-state index < -0.39 is 34.1 Å². The molecule has 162 valence electrons. The lowest BCUT2D eigenvalue weighted by Crippen LogP contribution is -2.59. The quantitative estimate of drug-likeness (QED) is 0.723. The van der Waals surface area contributed by atoms with Crippen LogP contribution in [-0.2, 0) is 9.47 Å². The minimum Gasteiger partial charge on any atom is -0.444 e. The van der Waals surface area contributed by atoms with Crippen molar-refractivity contribution >= 4 is 6.09 Å². The molecule has 0 unspecified atom stereocenters. The number of rotatable bonds is 1. The number of hydrogen-bond acceptors (Lipinski definition) is 6. The fourth-order valence-corrected chi connectivity index (χ4v) is 4.20. The van der Waals surface area contributed by atoms with Gasteiger partial charge in [0.05, 0.1) is 23.9 Å². The summed E-state index contributed by atoms with van der Waals surface area (Å²) in [6.45, 7) is 9.90. The van der Waals surface area contributed by atoms with Crippen LogP contribution in [0.25, 0.3) is 0 Å². The van der Waals surface area contributed by atoms with E-state index in [1.807, 2.05) is 20.8 Å². The number of H-pyrrole nitrogens is 1. The van der Waals surface area contributed by atoms with Gasteiger partial charge in [0.2, 0.25) is 0 Å². The zero-order valence-corrected chi connectivity index (χ0v) is 17.8. The molecule has 2 N–H and O–H groups in total. The average molecular weight is 409 g/mol. The fourth-order valence-electron chi connectivity index (χ4n) is 4.20. The number of aryl methyl sites for hydroxylation is 1. The second kappa shape index (κ2) is 7.28. The molecule has 0 aliphatic carbocycles. The summed E-state index contributed by atoms with van der Waals surface area (Å²) in [5.74, 6) is 0. The van der Waals surface area contributed by atoms with Gasteiger partial charge in [-0.3, -0.25) is 14.3 Å². The molecule has 1 spiro atoms. The van der Waals surface area contributed by atoms with Crippen molar-refractivity contribution in [2.45, 2.75) is 76.7 Å². The molecule has 1 aromatic rings. The van der Waals surface area contributed by atoms with Gasteiger partial charge in [-0.05, 0) is 47.5 Å². The number of carbonyl (C=O) groups is 1. The van der Waals surface area contributed by atoms with E-state index in [1.54, 1.807) is 18.7 Å². The molecule has 2 aliphatic rings. The van der Waals surface area contributed by atoms with Gasteiger partial charge in [-0.1, -0.05) is 0 Å². The maximum atomic E-state index is 12.3. The molecule has 9 heteroatoms. The Hall–Kier alpha value is -2.13. The van der Waals surface area contributed by atoms with Gasteiger partial charge in [0.1, 0.15) is 5.60 Å². The summed E-state index contributed by atoms with van der Waals surface area (Å²) >= 11 is 0. The van der Waals surface area contributed by atoms with Crippen LogP contribution in [0.3, 0.4) is 0 Å². The molecule has 2 atom stereocenters. The summed E-state index contributed by atoms with van der Waals surface area (Å²) in [4.78, 5) is 40.1. The van der Waals surface area contributed by atoms with E-state index in [2.05, 4.69) is 4.98 Å². The van der Waals surface area contributed by atoms with Gasteiger partial charge >= 0.3 is 11.8 Å². The Morgan fingerprint density at radius 3 is 2.48 bits per heavy atom. The highest BCUT2D eigenvalue weighted by Crippen LogP contribution is 2.43. The molecule has 2 fully saturated rings. The number of aromatic amines is 1. The lowest BCUT2D eigenvalue weighted by Gasteiger charge is -2.51. The molecule has 0 bridgehead atoms. The normalized spacial score (nSPS) is 27.1. The van der Waals surface area contributed by atoms with Gasteiger partial charge in [-0.2, -0.15) is 0 Å². The third-order valence-electron chi connectivity index (χ3n) is 5.75. The van der Waals surface area contributed by atoms with Gasteiger partial charge < -0.3 is 19.5 Å². The predicted octanol–water partition coefficient (Wildman–Crippen LogP) is 1.33. The Morgan fingerprint density at radius 2 is 1.93 bits per heavy atom. The number of hydrogen-bond donors (Lipinski definition) is 2. The summed E-state index contributed by atoms with van der Waals surface area (Å²) < 4.78 is 13.0. The zero-order valence-electron chi connectivity index (χ0n) is 17.8. The van der Waals surface area contributed by atoms with Crippen LogP contribution in [0, 0.1) is 6.92 Å². The van der Waals surface area contributed by atoms with E-state index in [0.29, 0.717) is 37.9 Å². The topological polar surface area (TPSA) is 114 Å². The highest BCUT2D eigenvalue weighted by atomic mass is 16.6. The summed E-state index contributed by atoms with van der Waals surface area (Å²) in [6, 6.07) is -0.611. The first-order chi connectivity index (χ1) is 13.3. The molecule has 2 aliphatic heterocycles. The monoisotopic (exact) mass is 409 g/mol. The van der Waals surface area contributed by atoms with Crippen LogP contribution in [0.5, 0.6) is 0 Å². The Bertz CT molecular complexity index is 887. The van der Waals surface area contributed by atoms with Crippen LogP contribution in [-0.4, -0.2) is 62.2 Å². The molecule has 3 heterocycles. The number of aromatic nitrogens is 2. The van der Waals surface area contributed by atoms with Gasteiger partial charge in [0, 0.05) is 31.3 Å². The lowest BCUT2D eigenvalue weighted by atomic mass is 9.75. The Labute approximate surface area is 169 Å². The number of piperidine rings is 1.